The van der Waals surface area contributed by atoms with Crippen LogP contribution in [0.1, 0.15) is 30.4 Å². The highest BCUT2D eigenvalue weighted by Gasteiger charge is 2.23. The van der Waals surface area contributed by atoms with Crippen molar-refractivity contribution in [1.29, 1.82) is 0 Å². The van der Waals surface area contributed by atoms with E-state index < -0.39 is 17.9 Å². The number of carbonyl (C=O) groups is 2. The molecule has 1 aromatic rings. The molecule has 2 rings (SSSR count). The normalized spacial score (nSPS) is 16.5. The molecule has 1 atom stereocenters. The number of carbonyl (C=O) groups excluding carboxylic acids is 2. The van der Waals surface area contributed by atoms with Crippen LogP contribution in [-0.4, -0.2) is 52.6 Å². The largest absolute Gasteiger partial charge is 0.464 e. The molecule has 0 aromatic carbocycles. The number of hydrogen-bond acceptors (Lipinski definition) is 6. The van der Waals surface area contributed by atoms with Crippen LogP contribution in [0.2, 0.25) is 0 Å². The topological polar surface area (TPSA) is 98.1 Å². The summed E-state index contributed by atoms with van der Waals surface area (Å²) < 4.78 is 6.46. The number of aromatic nitrogens is 3. The summed E-state index contributed by atoms with van der Waals surface area (Å²) in [6.07, 6.45) is 1.58. The molecule has 0 radical (unpaired) electrons. The van der Waals surface area contributed by atoms with E-state index in [1.807, 2.05) is 0 Å². The average Bonchev–Trinajstić information content (AvgIpc) is 2.76. The van der Waals surface area contributed by atoms with Gasteiger partial charge in [0, 0.05) is 13.1 Å². The Kier molecular flexibility index (Phi) is 4.10. The van der Waals surface area contributed by atoms with Crippen molar-refractivity contribution in [3.05, 3.63) is 11.9 Å². The fourth-order valence-corrected chi connectivity index (χ4v) is 1.62. The van der Waals surface area contributed by atoms with E-state index in [-0.39, 0.29) is 18.3 Å². The van der Waals surface area contributed by atoms with E-state index in [4.69, 9.17) is 4.74 Å². The van der Waals surface area contributed by atoms with Crippen molar-refractivity contribution in [2.75, 3.05) is 19.7 Å². The summed E-state index contributed by atoms with van der Waals surface area (Å²) in [5.74, 6) is -0.898. The lowest BCUT2D eigenvalue weighted by atomic mass is 10.2. The molecule has 104 valence electrons. The second-order valence-electron chi connectivity index (χ2n) is 4.34. The van der Waals surface area contributed by atoms with E-state index in [0.29, 0.717) is 0 Å². The first-order valence-electron chi connectivity index (χ1n) is 6.22. The first kappa shape index (κ1) is 13.5. The Bertz CT molecular complexity index is 469. The first-order valence-corrected chi connectivity index (χ1v) is 6.22. The standard InChI is InChI=1S/C11H17N5O3/c1-3-19-11(18)7(2)13-10(17)9-6-16(15-14-9)8-4-12-5-8/h6-8,12H,3-5H2,1-2H3,(H,13,17). The highest BCUT2D eigenvalue weighted by Crippen LogP contribution is 2.09. The second kappa shape index (κ2) is 5.79. The SMILES string of the molecule is CCOC(=O)C(C)NC(=O)c1cn(C2CNC2)nn1. The van der Waals surface area contributed by atoms with Gasteiger partial charge in [-0.25, -0.2) is 9.48 Å². The van der Waals surface area contributed by atoms with Crippen LogP contribution >= 0.6 is 0 Å². The molecule has 1 unspecified atom stereocenters. The molecule has 1 amide bonds. The minimum atomic E-state index is -0.706. The molecule has 1 fully saturated rings. The molecular weight excluding hydrogens is 250 g/mol. The van der Waals surface area contributed by atoms with E-state index in [1.54, 1.807) is 24.7 Å². The Morgan fingerprint density at radius 2 is 2.37 bits per heavy atom. The molecule has 0 bridgehead atoms. The molecule has 2 heterocycles. The van der Waals surface area contributed by atoms with Crippen molar-refractivity contribution in [3.8, 4) is 0 Å². The molecule has 1 saturated heterocycles. The molecule has 8 nitrogen and oxygen atoms in total. The number of amides is 1. The molecule has 1 aromatic heterocycles. The lowest BCUT2D eigenvalue weighted by molar-refractivity contribution is -0.144. The molecule has 0 aliphatic carbocycles. The van der Waals surface area contributed by atoms with Gasteiger partial charge in [-0.05, 0) is 13.8 Å². The van der Waals surface area contributed by atoms with Crippen molar-refractivity contribution in [2.24, 2.45) is 0 Å². The quantitative estimate of drug-likeness (QED) is 0.671. The number of nitrogens with zero attached hydrogens (tertiary/aromatic N) is 3. The van der Waals surface area contributed by atoms with E-state index in [1.165, 1.54) is 0 Å². The van der Waals surface area contributed by atoms with Crippen molar-refractivity contribution in [2.45, 2.75) is 25.9 Å². The van der Waals surface area contributed by atoms with Crippen LogP contribution in [0.4, 0.5) is 0 Å². The lowest BCUT2D eigenvalue weighted by Gasteiger charge is -2.26. The summed E-state index contributed by atoms with van der Waals surface area (Å²) in [7, 11) is 0. The van der Waals surface area contributed by atoms with Crippen LogP contribution < -0.4 is 10.6 Å². The smallest absolute Gasteiger partial charge is 0.328 e. The summed E-state index contributed by atoms with van der Waals surface area (Å²) in [5, 5.41) is 13.3. The third-order valence-electron chi connectivity index (χ3n) is 2.86. The molecular formula is C11H17N5O3. The van der Waals surface area contributed by atoms with Crippen molar-refractivity contribution < 1.29 is 14.3 Å². The molecule has 8 heteroatoms. The Morgan fingerprint density at radius 1 is 1.63 bits per heavy atom. The number of esters is 1. The summed E-state index contributed by atoms with van der Waals surface area (Å²) >= 11 is 0. The van der Waals surface area contributed by atoms with Gasteiger partial charge in [-0.3, -0.25) is 4.79 Å². The van der Waals surface area contributed by atoms with Gasteiger partial charge in [0.05, 0.1) is 18.8 Å². The van der Waals surface area contributed by atoms with E-state index in [2.05, 4.69) is 20.9 Å². The zero-order valence-electron chi connectivity index (χ0n) is 10.9. The van der Waals surface area contributed by atoms with Crippen LogP contribution in [0, 0.1) is 0 Å². The maximum atomic E-state index is 11.9. The third-order valence-corrected chi connectivity index (χ3v) is 2.86. The first-order chi connectivity index (χ1) is 9.11. The van der Waals surface area contributed by atoms with Gasteiger partial charge in [-0.15, -0.1) is 5.10 Å². The molecule has 0 spiro atoms. The predicted octanol–water partition coefficient (Wildman–Crippen LogP) is -0.896. The monoisotopic (exact) mass is 267 g/mol. The number of hydrogen-bond donors (Lipinski definition) is 2. The zero-order valence-corrected chi connectivity index (χ0v) is 10.9. The summed E-state index contributed by atoms with van der Waals surface area (Å²) in [4.78, 5) is 23.2. The van der Waals surface area contributed by atoms with Gasteiger partial charge in [0.15, 0.2) is 5.69 Å². The second-order valence-corrected chi connectivity index (χ2v) is 4.34. The number of ether oxygens (including phenoxy) is 1. The number of rotatable bonds is 5. The van der Waals surface area contributed by atoms with Gasteiger partial charge in [0.25, 0.3) is 5.91 Å². The highest BCUT2D eigenvalue weighted by atomic mass is 16.5. The molecule has 0 saturated carbocycles. The van der Waals surface area contributed by atoms with Crippen LogP contribution in [0.15, 0.2) is 6.20 Å². The van der Waals surface area contributed by atoms with Gasteiger partial charge in [0.2, 0.25) is 0 Å². The lowest BCUT2D eigenvalue weighted by Crippen LogP contribution is -2.43. The van der Waals surface area contributed by atoms with Gasteiger partial charge < -0.3 is 15.4 Å². The maximum absolute atomic E-state index is 11.9. The van der Waals surface area contributed by atoms with E-state index in [0.717, 1.165) is 13.1 Å². The Hall–Kier alpha value is -1.96. The molecule has 1 aliphatic heterocycles. The molecule has 2 N–H and O–H groups in total. The van der Waals surface area contributed by atoms with Crippen LogP contribution in [0.25, 0.3) is 0 Å². The van der Waals surface area contributed by atoms with Crippen molar-refractivity contribution in [1.82, 2.24) is 25.6 Å². The Labute approximate surface area is 110 Å². The van der Waals surface area contributed by atoms with Crippen LogP contribution in [0.3, 0.4) is 0 Å². The van der Waals surface area contributed by atoms with Gasteiger partial charge in [-0.1, -0.05) is 5.21 Å². The van der Waals surface area contributed by atoms with Crippen LogP contribution in [-0.2, 0) is 9.53 Å². The van der Waals surface area contributed by atoms with E-state index in [9.17, 15) is 9.59 Å². The van der Waals surface area contributed by atoms with Gasteiger partial charge >= 0.3 is 5.97 Å². The molecule has 1 aliphatic rings. The Balaban J connectivity index is 1.92. The third kappa shape index (κ3) is 3.08. The van der Waals surface area contributed by atoms with Gasteiger partial charge in [-0.2, -0.15) is 0 Å². The highest BCUT2D eigenvalue weighted by molar-refractivity contribution is 5.94. The van der Waals surface area contributed by atoms with Gasteiger partial charge in [0.1, 0.15) is 6.04 Å². The fraction of sp³-hybridized carbons (Fsp3) is 0.636. The summed E-state index contributed by atoms with van der Waals surface area (Å²) in [6, 6.07) is -0.459. The minimum Gasteiger partial charge on any atom is -0.464 e. The molecule has 19 heavy (non-hydrogen) atoms. The number of nitrogens with one attached hydrogen (secondary N) is 2. The Morgan fingerprint density at radius 3 is 2.95 bits per heavy atom. The van der Waals surface area contributed by atoms with Crippen molar-refractivity contribution >= 4 is 11.9 Å². The summed E-state index contributed by atoms with van der Waals surface area (Å²) in [5.41, 5.74) is 0.197. The average molecular weight is 267 g/mol. The van der Waals surface area contributed by atoms with Crippen molar-refractivity contribution in [3.63, 3.8) is 0 Å². The zero-order chi connectivity index (χ0) is 13.8. The summed E-state index contributed by atoms with van der Waals surface area (Å²) in [6.45, 7) is 5.21. The maximum Gasteiger partial charge on any atom is 0.328 e. The predicted molar refractivity (Wildman–Crippen MR) is 65.5 cm³/mol. The van der Waals surface area contributed by atoms with E-state index >= 15 is 0 Å². The van der Waals surface area contributed by atoms with Crippen LogP contribution in [0.5, 0.6) is 0 Å². The minimum absolute atomic E-state index is 0.197. The fourth-order valence-electron chi connectivity index (χ4n) is 1.62.